The van der Waals surface area contributed by atoms with Gasteiger partial charge in [0.1, 0.15) is 24.6 Å². The largest absolute Gasteiger partial charge is 0.264 e. The zero-order valence-corrected chi connectivity index (χ0v) is 21.1. The molecule has 0 aromatic heterocycles. The monoisotopic (exact) mass is 429 g/mol. The molecule has 2 aromatic carbocycles. The summed E-state index contributed by atoms with van der Waals surface area (Å²) in [5.74, 6) is 2.03. The third-order valence-corrected chi connectivity index (χ3v) is 6.59. The van der Waals surface area contributed by atoms with Gasteiger partial charge < -0.3 is 0 Å². The number of hydrogen-bond donors (Lipinski definition) is 1. The summed E-state index contributed by atoms with van der Waals surface area (Å²) in [4.78, 5) is 0. The van der Waals surface area contributed by atoms with E-state index < -0.39 is 0 Å². The molecule has 1 saturated heterocycles. The Labute approximate surface area is 191 Å². The van der Waals surface area contributed by atoms with Crippen molar-refractivity contribution in [1.29, 1.82) is 0 Å². The van der Waals surface area contributed by atoms with Crippen LogP contribution >= 0.6 is 12.4 Å². The molecule has 1 N–H and O–H groups in total. The first-order chi connectivity index (χ1) is 13.7. The van der Waals surface area contributed by atoms with Gasteiger partial charge in [-0.05, 0) is 23.7 Å². The van der Waals surface area contributed by atoms with Crippen molar-refractivity contribution in [3.63, 3.8) is 0 Å². The Kier molecular flexibility index (Phi) is 8.18. The molecule has 3 heteroatoms. The molecule has 2 aromatic rings. The minimum Gasteiger partial charge on any atom is -0.264 e. The van der Waals surface area contributed by atoms with E-state index in [9.17, 15) is 0 Å². The van der Waals surface area contributed by atoms with Crippen molar-refractivity contribution >= 4 is 23.8 Å². The first-order valence-corrected chi connectivity index (χ1v) is 11.5. The smallest absolute Gasteiger partial charge is 0.146 e. The fourth-order valence-electron chi connectivity index (χ4n) is 5.12. The number of halogens is 1. The summed E-state index contributed by atoms with van der Waals surface area (Å²) in [6, 6.07) is 14.0. The molecule has 1 aliphatic rings. The van der Waals surface area contributed by atoms with Crippen LogP contribution in [0, 0.1) is 0 Å². The lowest BCUT2D eigenvalue weighted by atomic mass is 9.86. The van der Waals surface area contributed by atoms with Crippen LogP contribution in [0.2, 0.25) is 0 Å². The Bertz CT molecular complexity index is 728. The number of para-hydroxylation sites is 2. The quantitative estimate of drug-likeness (QED) is 0.461. The molecule has 166 valence electrons. The molecular weight excluding hydrogens is 388 g/mol. The number of hydrogen-bond acceptors (Lipinski definition) is 1. The van der Waals surface area contributed by atoms with Crippen LogP contribution in [0.5, 0.6) is 0 Å². The molecule has 0 atom stereocenters. The topological polar surface area (TPSA) is 12.0 Å². The SMILES string of the molecule is CC(C)c1cccc(C(C)C)c1[N+]1(c2c(C(C)C)cccc2C(C)C)CCNC1.Cl. The zero-order valence-electron chi connectivity index (χ0n) is 20.3. The van der Waals surface area contributed by atoms with E-state index in [1.165, 1.54) is 22.3 Å². The van der Waals surface area contributed by atoms with Crippen LogP contribution in [0.25, 0.3) is 0 Å². The summed E-state index contributed by atoms with van der Waals surface area (Å²) < 4.78 is 0.948. The molecule has 0 unspecified atom stereocenters. The van der Waals surface area contributed by atoms with Gasteiger partial charge in [0.15, 0.2) is 0 Å². The summed E-state index contributed by atoms with van der Waals surface area (Å²) >= 11 is 0. The average molecular weight is 430 g/mol. The van der Waals surface area contributed by atoms with Crippen LogP contribution in [0.4, 0.5) is 11.4 Å². The van der Waals surface area contributed by atoms with Gasteiger partial charge in [0.25, 0.3) is 0 Å². The van der Waals surface area contributed by atoms with E-state index in [2.05, 4.69) is 97.1 Å². The standard InChI is InChI=1S/C27H41N2.ClH/c1-18(2)22-11-9-12-23(19(3)4)26(22)29(16-15-28-17-29)27-24(20(5)6)13-10-14-25(27)21(7)8;/h9-14,18-21,28H,15-17H2,1-8H3;1H/q+1;. The highest BCUT2D eigenvalue weighted by Gasteiger charge is 2.44. The van der Waals surface area contributed by atoms with Crippen molar-refractivity contribution in [2.24, 2.45) is 0 Å². The molecule has 0 spiro atoms. The van der Waals surface area contributed by atoms with Crippen molar-refractivity contribution in [1.82, 2.24) is 9.80 Å². The van der Waals surface area contributed by atoms with E-state index in [1.807, 2.05) is 0 Å². The van der Waals surface area contributed by atoms with Gasteiger partial charge in [-0.2, -0.15) is 0 Å². The maximum absolute atomic E-state index is 3.75. The van der Waals surface area contributed by atoms with Gasteiger partial charge in [-0.1, -0.05) is 91.8 Å². The molecule has 0 aliphatic carbocycles. The Hall–Kier alpha value is -1.35. The van der Waals surface area contributed by atoms with Crippen molar-refractivity contribution in [3.8, 4) is 0 Å². The van der Waals surface area contributed by atoms with Crippen LogP contribution in [-0.2, 0) is 0 Å². The van der Waals surface area contributed by atoms with Gasteiger partial charge >= 0.3 is 0 Å². The molecule has 1 heterocycles. The summed E-state index contributed by atoms with van der Waals surface area (Å²) in [6.45, 7) is 21.9. The first-order valence-electron chi connectivity index (χ1n) is 11.5. The molecule has 3 rings (SSSR count). The summed E-state index contributed by atoms with van der Waals surface area (Å²) in [7, 11) is 0. The summed E-state index contributed by atoms with van der Waals surface area (Å²) in [6.07, 6.45) is 0. The Morgan fingerprint density at radius 1 is 0.633 bits per heavy atom. The van der Waals surface area contributed by atoms with Crippen molar-refractivity contribution in [2.45, 2.75) is 79.1 Å². The third kappa shape index (κ3) is 4.33. The fourth-order valence-corrected chi connectivity index (χ4v) is 5.12. The fraction of sp³-hybridized carbons (Fsp3) is 0.556. The normalized spacial score (nSPS) is 16.0. The van der Waals surface area contributed by atoms with Gasteiger partial charge in [0.2, 0.25) is 0 Å². The Morgan fingerprint density at radius 2 is 0.967 bits per heavy atom. The Balaban J connectivity index is 0.00000320. The first kappa shape index (κ1) is 24.9. The lowest BCUT2D eigenvalue weighted by Gasteiger charge is -2.40. The van der Waals surface area contributed by atoms with E-state index in [0.29, 0.717) is 23.7 Å². The maximum atomic E-state index is 3.75. The molecule has 2 nitrogen and oxygen atoms in total. The third-order valence-electron chi connectivity index (χ3n) is 6.59. The van der Waals surface area contributed by atoms with Gasteiger partial charge in [-0.25, -0.2) is 4.48 Å². The van der Waals surface area contributed by atoms with Gasteiger partial charge in [-0.15, -0.1) is 12.4 Å². The molecule has 30 heavy (non-hydrogen) atoms. The molecule has 0 radical (unpaired) electrons. The number of rotatable bonds is 6. The molecule has 0 saturated carbocycles. The van der Waals surface area contributed by atoms with Crippen molar-refractivity contribution in [2.75, 3.05) is 19.8 Å². The Morgan fingerprint density at radius 3 is 1.20 bits per heavy atom. The zero-order chi connectivity index (χ0) is 21.3. The summed E-state index contributed by atoms with van der Waals surface area (Å²) in [5.41, 5.74) is 9.14. The lowest BCUT2D eigenvalue weighted by Crippen LogP contribution is -2.46. The average Bonchev–Trinajstić information content (AvgIpc) is 3.17. The van der Waals surface area contributed by atoms with Crippen molar-refractivity contribution < 1.29 is 0 Å². The second-order valence-electron chi connectivity index (χ2n) is 10.0. The van der Waals surface area contributed by atoms with Crippen LogP contribution < -0.4 is 9.80 Å². The van der Waals surface area contributed by atoms with E-state index in [1.54, 1.807) is 11.4 Å². The van der Waals surface area contributed by atoms with Crippen LogP contribution in [0.15, 0.2) is 36.4 Å². The second kappa shape index (κ2) is 9.85. The van der Waals surface area contributed by atoms with E-state index in [0.717, 1.165) is 24.2 Å². The van der Waals surface area contributed by atoms with Gasteiger partial charge in [0.05, 0.1) is 6.54 Å². The van der Waals surface area contributed by atoms with Crippen LogP contribution in [0.1, 0.15) is 101 Å². The number of nitrogens with zero attached hydrogens (tertiary/aromatic N) is 1. The highest BCUT2D eigenvalue weighted by Crippen LogP contribution is 2.49. The summed E-state index contributed by atoms with van der Waals surface area (Å²) in [5, 5.41) is 3.75. The van der Waals surface area contributed by atoms with Gasteiger partial charge in [0, 0.05) is 22.3 Å². The van der Waals surface area contributed by atoms with E-state index in [-0.39, 0.29) is 12.4 Å². The number of benzene rings is 2. The minimum absolute atomic E-state index is 0. The predicted octanol–water partition coefficient (Wildman–Crippen LogP) is 7.80. The molecule has 1 aliphatic heterocycles. The maximum Gasteiger partial charge on any atom is 0.146 e. The van der Waals surface area contributed by atoms with Crippen LogP contribution in [0.3, 0.4) is 0 Å². The molecule has 1 fully saturated rings. The molecule has 0 bridgehead atoms. The number of quaternary nitrogens is 1. The number of nitrogens with one attached hydrogen (secondary N) is 1. The second-order valence-corrected chi connectivity index (χ2v) is 10.0. The molecular formula is C27H42ClN2+. The van der Waals surface area contributed by atoms with E-state index >= 15 is 0 Å². The highest BCUT2D eigenvalue weighted by molar-refractivity contribution is 5.85. The highest BCUT2D eigenvalue weighted by atomic mass is 35.5. The van der Waals surface area contributed by atoms with E-state index in [4.69, 9.17) is 0 Å². The van der Waals surface area contributed by atoms with Crippen LogP contribution in [-0.4, -0.2) is 19.8 Å². The molecule has 0 amide bonds. The minimum atomic E-state index is 0. The predicted molar refractivity (Wildman–Crippen MR) is 136 cm³/mol. The van der Waals surface area contributed by atoms with Gasteiger partial charge in [-0.3, -0.25) is 5.32 Å². The van der Waals surface area contributed by atoms with Crippen molar-refractivity contribution in [3.05, 3.63) is 58.7 Å². The lowest BCUT2D eigenvalue weighted by molar-refractivity contribution is 0.440.